The second kappa shape index (κ2) is 9.11. The number of non-ortho nitro benzene ring substituents is 1. The number of rotatable bonds is 7. The Labute approximate surface area is 186 Å². The minimum absolute atomic E-state index is 0.0383. The average Bonchev–Trinajstić information content (AvgIpc) is 3.25. The molecule has 0 atom stereocenters. The molecule has 0 fully saturated rings. The molecule has 4 aromatic rings. The SMILES string of the molecule is CCCOC(=O)c1ccc(Cn2cnc3scc(-c4cccc([N+](=O)[O-])c4)c3c2=O)cc1. The molecule has 2 aromatic heterocycles. The van der Waals surface area contributed by atoms with Gasteiger partial charge < -0.3 is 4.74 Å². The van der Waals surface area contributed by atoms with Gasteiger partial charge in [-0.2, -0.15) is 0 Å². The van der Waals surface area contributed by atoms with Gasteiger partial charge in [-0.1, -0.05) is 31.2 Å². The van der Waals surface area contributed by atoms with Crippen molar-refractivity contribution < 1.29 is 14.5 Å². The van der Waals surface area contributed by atoms with Gasteiger partial charge in [-0.15, -0.1) is 11.3 Å². The maximum absolute atomic E-state index is 13.2. The van der Waals surface area contributed by atoms with Crippen molar-refractivity contribution in [1.29, 1.82) is 0 Å². The zero-order valence-electron chi connectivity index (χ0n) is 17.2. The summed E-state index contributed by atoms with van der Waals surface area (Å²) >= 11 is 1.32. The number of nitro groups is 1. The van der Waals surface area contributed by atoms with Crippen molar-refractivity contribution in [2.75, 3.05) is 6.61 Å². The summed E-state index contributed by atoms with van der Waals surface area (Å²) in [6.45, 7) is 2.57. The van der Waals surface area contributed by atoms with E-state index in [0.717, 1.165) is 12.0 Å². The number of hydrogen-bond donors (Lipinski definition) is 0. The van der Waals surface area contributed by atoms with Crippen LogP contribution in [0.3, 0.4) is 0 Å². The number of fused-ring (bicyclic) bond motifs is 1. The second-order valence-corrected chi connectivity index (χ2v) is 8.01. The summed E-state index contributed by atoms with van der Waals surface area (Å²) in [7, 11) is 0. The predicted octanol–water partition coefficient (Wildman–Crippen LogP) is 4.65. The Morgan fingerprint density at radius 1 is 1.22 bits per heavy atom. The molecule has 32 heavy (non-hydrogen) atoms. The third kappa shape index (κ3) is 4.28. The summed E-state index contributed by atoms with van der Waals surface area (Å²) in [6, 6.07) is 13.1. The van der Waals surface area contributed by atoms with Crippen molar-refractivity contribution in [1.82, 2.24) is 9.55 Å². The van der Waals surface area contributed by atoms with Crippen LogP contribution in [-0.2, 0) is 11.3 Å². The molecule has 0 aliphatic rings. The summed E-state index contributed by atoms with van der Waals surface area (Å²) in [5, 5.41) is 13.3. The number of nitrogens with zero attached hydrogens (tertiary/aromatic N) is 3. The van der Waals surface area contributed by atoms with E-state index in [1.54, 1.807) is 41.8 Å². The Hall–Kier alpha value is -3.85. The minimum Gasteiger partial charge on any atom is -0.462 e. The van der Waals surface area contributed by atoms with E-state index in [0.29, 0.717) is 33.5 Å². The molecule has 8 nitrogen and oxygen atoms in total. The van der Waals surface area contributed by atoms with Crippen LogP contribution in [-0.4, -0.2) is 27.1 Å². The Morgan fingerprint density at radius 3 is 2.72 bits per heavy atom. The van der Waals surface area contributed by atoms with E-state index < -0.39 is 4.92 Å². The summed E-state index contributed by atoms with van der Waals surface area (Å²) in [4.78, 5) is 40.8. The standard InChI is InChI=1S/C23H19N3O5S/c1-2-10-31-23(28)16-8-6-15(7-9-16)12-25-14-24-21-20(22(25)27)19(13-32-21)17-4-3-5-18(11-17)26(29)30/h3-9,11,13-14H,2,10,12H2,1H3. The van der Waals surface area contributed by atoms with Crippen LogP contribution in [0.2, 0.25) is 0 Å². The van der Waals surface area contributed by atoms with Gasteiger partial charge in [0.25, 0.3) is 11.2 Å². The molecule has 0 bridgehead atoms. The Kier molecular flexibility index (Phi) is 6.09. The normalized spacial score (nSPS) is 10.9. The van der Waals surface area contributed by atoms with Crippen molar-refractivity contribution in [3.8, 4) is 11.1 Å². The van der Waals surface area contributed by atoms with Crippen LogP contribution in [0.25, 0.3) is 21.3 Å². The molecule has 0 N–H and O–H groups in total. The number of thiophene rings is 1. The number of nitro benzene ring substituents is 1. The number of carbonyl (C=O) groups excluding carboxylic acids is 1. The van der Waals surface area contributed by atoms with E-state index in [9.17, 15) is 19.7 Å². The Bertz CT molecular complexity index is 1360. The molecule has 0 aliphatic carbocycles. The van der Waals surface area contributed by atoms with Gasteiger partial charge in [0.2, 0.25) is 0 Å². The molecule has 0 spiro atoms. The minimum atomic E-state index is -0.462. The summed E-state index contributed by atoms with van der Waals surface area (Å²) < 4.78 is 6.61. The van der Waals surface area contributed by atoms with Crippen LogP contribution >= 0.6 is 11.3 Å². The van der Waals surface area contributed by atoms with Gasteiger partial charge in [0.15, 0.2) is 0 Å². The molecule has 9 heteroatoms. The van der Waals surface area contributed by atoms with Crippen LogP contribution < -0.4 is 5.56 Å². The van der Waals surface area contributed by atoms with Crippen LogP contribution in [0.4, 0.5) is 5.69 Å². The van der Waals surface area contributed by atoms with Crippen molar-refractivity contribution in [2.45, 2.75) is 19.9 Å². The van der Waals surface area contributed by atoms with Crippen LogP contribution in [0, 0.1) is 10.1 Å². The van der Waals surface area contributed by atoms with Gasteiger partial charge in [0.05, 0.1) is 35.4 Å². The van der Waals surface area contributed by atoms with Crippen molar-refractivity contribution in [3.63, 3.8) is 0 Å². The van der Waals surface area contributed by atoms with Gasteiger partial charge in [-0.3, -0.25) is 19.5 Å². The molecule has 0 saturated carbocycles. The maximum atomic E-state index is 13.2. The summed E-state index contributed by atoms with van der Waals surface area (Å²) in [6.07, 6.45) is 2.24. The number of aromatic nitrogens is 2. The van der Waals surface area contributed by atoms with Gasteiger partial charge in [-0.25, -0.2) is 9.78 Å². The zero-order valence-corrected chi connectivity index (χ0v) is 18.0. The van der Waals surface area contributed by atoms with E-state index >= 15 is 0 Å². The number of hydrogen-bond acceptors (Lipinski definition) is 7. The highest BCUT2D eigenvalue weighted by Gasteiger charge is 2.16. The fourth-order valence-corrected chi connectivity index (χ4v) is 4.21. The predicted molar refractivity (Wildman–Crippen MR) is 122 cm³/mol. The lowest BCUT2D eigenvalue weighted by molar-refractivity contribution is -0.384. The number of esters is 1. The van der Waals surface area contributed by atoms with E-state index in [1.807, 2.05) is 6.92 Å². The molecule has 2 aromatic carbocycles. The highest BCUT2D eigenvalue weighted by Crippen LogP contribution is 2.32. The fraction of sp³-hybridized carbons (Fsp3) is 0.174. The number of ether oxygens (including phenoxy) is 1. The first-order chi connectivity index (χ1) is 15.5. The summed E-state index contributed by atoms with van der Waals surface area (Å²) in [5.74, 6) is -0.376. The third-order valence-corrected chi connectivity index (χ3v) is 5.79. The number of carbonyl (C=O) groups is 1. The zero-order chi connectivity index (χ0) is 22.7. The molecular weight excluding hydrogens is 430 g/mol. The molecule has 2 heterocycles. The molecule has 4 rings (SSSR count). The van der Waals surface area contributed by atoms with E-state index in [4.69, 9.17) is 4.74 Å². The quantitative estimate of drug-likeness (QED) is 0.231. The van der Waals surface area contributed by atoms with Crippen LogP contribution in [0.5, 0.6) is 0 Å². The third-order valence-electron chi connectivity index (χ3n) is 4.91. The average molecular weight is 449 g/mol. The van der Waals surface area contributed by atoms with Gasteiger partial charge in [0.1, 0.15) is 4.83 Å². The molecule has 0 aliphatic heterocycles. The van der Waals surface area contributed by atoms with Crippen LogP contribution in [0.1, 0.15) is 29.3 Å². The lowest BCUT2D eigenvalue weighted by Crippen LogP contribution is -2.21. The smallest absolute Gasteiger partial charge is 0.338 e. The molecule has 0 radical (unpaired) electrons. The summed E-state index contributed by atoms with van der Waals surface area (Å²) in [5.41, 5.74) is 2.22. The molecule has 0 saturated heterocycles. The first-order valence-electron chi connectivity index (χ1n) is 9.95. The van der Waals surface area contributed by atoms with E-state index in [-0.39, 0.29) is 23.8 Å². The van der Waals surface area contributed by atoms with Crippen LogP contribution in [0.15, 0.2) is 65.0 Å². The van der Waals surface area contributed by atoms with Gasteiger partial charge >= 0.3 is 5.97 Å². The fourth-order valence-electron chi connectivity index (χ4n) is 3.30. The Morgan fingerprint density at radius 2 is 2.00 bits per heavy atom. The van der Waals surface area contributed by atoms with E-state index in [2.05, 4.69) is 4.98 Å². The molecule has 0 amide bonds. The first-order valence-corrected chi connectivity index (χ1v) is 10.8. The first kappa shape index (κ1) is 21.4. The van der Waals surface area contributed by atoms with Crippen molar-refractivity contribution in [3.05, 3.63) is 91.8 Å². The molecular formula is C23H19N3O5S. The van der Waals surface area contributed by atoms with Crippen molar-refractivity contribution in [2.24, 2.45) is 0 Å². The van der Waals surface area contributed by atoms with Gasteiger partial charge in [-0.05, 0) is 29.7 Å². The lowest BCUT2D eigenvalue weighted by Gasteiger charge is -2.08. The monoisotopic (exact) mass is 449 g/mol. The number of benzene rings is 2. The van der Waals surface area contributed by atoms with Gasteiger partial charge in [0, 0.05) is 23.1 Å². The second-order valence-electron chi connectivity index (χ2n) is 7.15. The lowest BCUT2D eigenvalue weighted by atomic mass is 10.1. The topological polar surface area (TPSA) is 104 Å². The molecule has 0 unspecified atom stereocenters. The maximum Gasteiger partial charge on any atom is 0.338 e. The van der Waals surface area contributed by atoms with Crippen molar-refractivity contribution >= 4 is 33.2 Å². The Balaban J connectivity index is 1.65. The molecule has 162 valence electrons. The largest absolute Gasteiger partial charge is 0.462 e. The highest BCUT2D eigenvalue weighted by molar-refractivity contribution is 7.17. The highest BCUT2D eigenvalue weighted by atomic mass is 32.1. The van der Waals surface area contributed by atoms with E-state index in [1.165, 1.54) is 34.4 Å².